The molecule has 3 rings (SSSR count). The molecule has 0 bridgehead atoms. The predicted molar refractivity (Wildman–Crippen MR) is 101 cm³/mol. The van der Waals surface area contributed by atoms with E-state index in [1.807, 2.05) is 0 Å². The first kappa shape index (κ1) is 15.9. The monoisotopic (exact) mass is 308 g/mol. The van der Waals surface area contributed by atoms with E-state index >= 15 is 0 Å². The van der Waals surface area contributed by atoms with Crippen LogP contribution in [-0.2, 0) is 5.41 Å². The molecule has 2 heteroatoms. The maximum Gasteiger partial charge on any atom is 0.0691 e. The maximum atomic E-state index is 6.67. The third-order valence-electron chi connectivity index (χ3n) is 5.14. The third kappa shape index (κ3) is 2.23. The Morgan fingerprint density at radius 1 is 0.913 bits per heavy atom. The van der Waals surface area contributed by atoms with Crippen LogP contribution in [0.3, 0.4) is 0 Å². The van der Waals surface area contributed by atoms with Crippen LogP contribution in [0.25, 0.3) is 0 Å². The second-order valence-corrected chi connectivity index (χ2v) is 7.73. The van der Waals surface area contributed by atoms with Crippen LogP contribution >= 0.6 is 0 Å². The van der Waals surface area contributed by atoms with Gasteiger partial charge in [-0.2, -0.15) is 0 Å². The molecule has 1 aliphatic heterocycles. The molecule has 2 aromatic carbocycles. The van der Waals surface area contributed by atoms with Gasteiger partial charge in [-0.15, -0.1) is 0 Å². The zero-order chi connectivity index (χ0) is 16.9. The number of nitrogens with two attached hydrogens (primary N) is 1. The molecule has 122 valence electrons. The molecule has 23 heavy (non-hydrogen) atoms. The number of benzene rings is 2. The van der Waals surface area contributed by atoms with Gasteiger partial charge in [-0.3, -0.25) is 0 Å². The number of nitrogens with zero attached hydrogens (tertiary/aromatic N) is 1. The van der Waals surface area contributed by atoms with Crippen molar-refractivity contribution in [3.05, 3.63) is 53.1 Å². The zero-order valence-corrected chi connectivity index (χ0v) is 15.1. The van der Waals surface area contributed by atoms with Gasteiger partial charge in [-0.25, -0.2) is 0 Å². The molecule has 0 saturated carbocycles. The Hall–Kier alpha value is -1.96. The van der Waals surface area contributed by atoms with Crippen molar-refractivity contribution >= 4 is 17.1 Å². The minimum atomic E-state index is -0.0407. The molecule has 2 N–H and O–H groups in total. The molecule has 0 aromatic heterocycles. The Morgan fingerprint density at radius 2 is 1.57 bits per heavy atom. The normalized spacial score (nSPS) is 15.7. The van der Waals surface area contributed by atoms with E-state index in [0.717, 1.165) is 5.69 Å². The zero-order valence-electron chi connectivity index (χ0n) is 15.1. The van der Waals surface area contributed by atoms with E-state index in [2.05, 4.69) is 82.8 Å². The Kier molecular flexibility index (Phi) is 3.66. The summed E-state index contributed by atoms with van der Waals surface area (Å²) in [6.07, 6.45) is 0. The first-order chi connectivity index (χ1) is 10.8. The summed E-state index contributed by atoms with van der Waals surface area (Å²) in [5.41, 5.74) is 14.0. The fourth-order valence-electron chi connectivity index (χ4n) is 3.91. The fourth-order valence-corrected chi connectivity index (χ4v) is 3.91. The summed E-state index contributed by atoms with van der Waals surface area (Å²) in [6.45, 7) is 13.5. The average molecular weight is 308 g/mol. The van der Waals surface area contributed by atoms with Crippen molar-refractivity contribution < 1.29 is 0 Å². The number of rotatable bonds is 2. The Morgan fingerprint density at radius 3 is 2.17 bits per heavy atom. The van der Waals surface area contributed by atoms with Gasteiger partial charge in [0.25, 0.3) is 0 Å². The summed E-state index contributed by atoms with van der Waals surface area (Å²) in [6, 6.07) is 13.6. The number of anilines is 3. The van der Waals surface area contributed by atoms with Gasteiger partial charge in [-0.1, -0.05) is 58.0 Å². The van der Waals surface area contributed by atoms with Crippen LogP contribution in [0.15, 0.2) is 36.4 Å². The lowest BCUT2D eigenvalue weighted by molar-refractivity contribution is 0.612. The highest BCUT2D eigenvalue weighted by Crippen LogP contribution is 2.52. The van der Waals surface area contributed by atoms with E-state index in [1.165, 1.54) is 28.1 Å². The number of fused-ring (bicyclic) bond motifs is 2. The molecule has 0 amide bonds. The summed E-state index contributed by atoms with van der Waals surface area (Å²) in [5.74, 6) is 0.426. The number of nitrogen functional groups attached to an aromatic ring is 1. The van der Waals surface area contributed by atoms with E-state index in [0.29, 0.717) is 12.0 Å². The Balaban J connectivity index is 2.37. The van der Waals surface area contributed by atoms with Crippen molar-refractivity contribution in [2.24, 2.45) is 0 Å². The summed E-state index contributed by atoms with van der Waals surface area (Å²) >= 11 is 0. The first-order valence-electron chi connectivity index (χ1n) is 8.58. The molecule has 0 spiro atoms. The van der Waals surface area contributed by atoms with E-state index in [-0.39, 0.29) is 5.41 Å². The van der Waals surface area contributed by atoms with Gasteiger partial charge in [0.2, 0.25) is 0 Å². The molecule has 1 aliphatic rings. The van der Waals surface area contributed by atoms with Gasteiger partial charge in [0.15, 0.2) is 0 Å². The lowest BCUT2D eigenvalue weighted by Gasteiger charge is -2.45. The molecule has 2 nitrogen and oxygen atoms in total. The van der Waals surface area contributed by atoms with Gasteiger partial charge in [0, 0.05) is 17.1 Å². The largest absolute Gasteiger partial charge is 0.397 e. The summed E-state index contributed by atoms with van der Waals surface area (Å²) in [7, 11) is 0. The standard InChI is InChI=1S/C21H28N2/c1-13(2)15-11-12-17-20(19(15)22)23(14(3)4)18-10-8-7-9-16(18)21(17,5)6/h7-14H,22H2,1-6H3. The molecule has 1 heterocycles. The van der Waals surface area contributed by atoms with Crippen LogP contribution in [-0.4, -0.2) is 6.04 Å². The third-order valence-corrected chi connectivity index (χ3v) is 5.14. The average Bonchev–Trinajstić information content (AvgIpc) is 2.48. The topological polar surface area (TPSA) is 29.3 Å². The van der Waals surface area contributed by atoms with Crippen molar-refractivity contribution in [1.29, 1.82) is 0 Å². The lowest BCUT2D eigenvalue weighted by atomic mass is 9.72. The molecule has 2 aromatic rings. The van der Waals surface area contributed by atoms with Crippen molar-refractivity contribution in [3.63, 3.8) is 0 Å². The fraction of sp³-hybridized carbons (Fsp3) is 0.429. The molecule has 0 atom stereocenters. The molecule has 0 aliphatic carbocycles. The quantitative estimate of drug-likeness (QED) is 0.734. The van der Waals surface area contributed by atoms with Crippen molar-refractivity contribution in [1.82, 2.24) is 0 Å². The van der Waals surface area contributed by atoms with Crippen LogP contribution in [0.1, 0.15) is 64.2 Å². The van der Waals surface area contributed by atoms with Crippen LogP contribution in [0, 0.1) is 0 Å². The number of hydrogen-bond donors (Lipinski definition) is 1. The van der Waals surface area contributed by atoms with Gasteiger partial charge in [0.1, 0.15) is 0 Å². The molecular formula is C21H28N2. The summed E-state index contributed by atoms with van der Waals surface area (Å²) < 4.78 is 0. The second kappa shape index (κ2) is 5.30. The first-order valence-corrected chi connectivity index (χ1v) is 8.58. The molecular weight excluding hydrogens is 280 g/mol. The van der Waals surface area contributed by atoms with E-state index in [1.54, 1.807) is 0 Å². The van der Waals surface area contributed by atoms with E-state index in [4.69, 9.17) is 5.73 Å². The Labute approximate surface area is 140 Å². The molecule has 0 unspecified atom stereocenters. The highest BCUT2D eigenvalue weighted by molar-refractivity contribution is 5.87. The van der Waals surface area contributed by atoms with Gasteiger partial charge in [0.05, 0.1) is 11.4 Å². The predicted octanol–water partition coefficient (Wildman–Crippen LogP) is 5.58. The summed E-state index contributed by atoms with van der Waals surface area (Å²) in [4.78, 5) is 2.41. The van der Waals surface area contributed by atoms with Crippen LogP contribution in [0.5, 0.6) is 0 Å². The SMILES string of the molecule is CC(C)c1ccc2c(c1N)N(C(C)C)c1ccccc1C2(C)C. The van der Waals surface area contributed by atoms with Crippen molar-refractivity contribution in [2.75, 3.05) is 10.6 Å². The molecule has 0 radical (unpaired) electrons. The lowest BCUT2D eigenvalue weighted by Crippen LogP contribution is -2.37. The number of hydrogen-bond acceptors (Lipinski definition) is 2. The highest BCUT2D eigenvalue weighted by Gasteiger charge is 2.38. The van der Waals surface area contributed by atoms with Crippen LogP contribution < -0.4 is 10.6 Å². The molecule has 0 saturated heterocycles. The van der Waals surface area contributed by atoms with Crippen molar-refractivity contribution in [3.8, 4) is 0 Å². The smallest absolute Gasteiger partial charge is 0.0691 e. The van der Waals surface area contributed by atoms with E-state index < -0.39 is 0 Å². The highest BCUT2D eigenvalue weighted by atomic mass is 15.2. The number of para-hydroxylation sites is 1. The van der Waals surface area contributed by atoms with Crippen LogP contribution in [0.2, 0.25) is 0 Å². The van der Waals surface area contributed by atoms with Crippen LogP contribution in [0.4, 0.5) is 17.1 Å². The van der Waals surface area contributed by atoms with E-state index in [9.17, 15) is 0 Å². The minimum absolute atomic E-state index is 0.0407. The second-order valence-electron chi connectivity index (χ2n) is 7.73. The summed E-state index contributed by atoms with van der Waals surface area (Å²) in [5, 5.41) is 0. The maximum absolute atomic E-state index is 6.67. The van der Waals surface area contributed by atoms with Gasteiger partial charge < -0.3 is 10.6 Å². The van der Waals surface area contributed by atoms with Gasteiger partial charge >= 0.3 is 0 Å². The molecule has 0 fully saturated rings. The Bertz CT molecular complexity index is 742. The van der Waals surface area contributed by atoms with Crippen molar-refractivity contribution in [2.45, 2.75) is 58.9 Å². The minimum Gasteiger partial charge on any atom is -0.397 e. The van der Waals surface area contributed by atoms with Gasteiger partial charge in [-0.05, 0) is 42.5 Å².